The zero-order chi connectivity index (χ0) is 20.5. The molecule has 3 rings (SSSR count). The predicted octanol–water partition coefficient (Wildman–Crippen LogP) is 3.47. The number of nitriles is 1. The summed E-state index contributed by atoms with van der Waals surface area (Å²) in [6.45, 7) is 5.67. The van der Waals surface area contributed by atoms with Gasteiger partial charge in [-0.1, -0.05) is 12.1 Å². The molecule has 1 saturated heterocycles. The molecule has 2 aromatic rings. The SMILES string of the molecule is CN1CCN(CCc2ccc(NC(=O)CCSc3ccc(C#N)cc3)cc2)CC1. The molecule has 152 valence electrons. The first-order valence-corrected chi connectivity index (χ1v) is 11.0. The van der Waals surface area contributed by atoms with E-state index in [1.165, 1.54) is 5.56 Å². The molecule has 0 bridgehead atoms. The molecule has 0 aromatic heterocycles. The second kappa shape index (κ2) is 11.0. The smallest absolute Gasteiger partial charge is 0.225 e. The van der Waals surface area contributed by atoms with Crippen LogP contribution < -0.4 is 5.32 Å². The van der Waals surface area contributed by atoms with Gasteiger partial charge in [0.2, 0.25) is 5.91 Å². The van der Waals surface area contributed by atoms with Crippen molar-refractivity contribution in [2.45, 2.75) is 17.7 Å². The van der Waals surface area contributed by atoms with E-state index in [1.807, 2.05) is 24.3 Å². The summed E-state index contributed by atoms with van der Waals surface area (Å²) in [5, 5.41) is 11.8. The van der Waals surface area contributed by atoms with E-state index in [9.17, 15) is 4.79 Å². The van der Waals surface area contributed by atoms with E-state index >= 15 is 0 Å². The van der Waals surface area contributed by atoms with Crippen molar-refractivity contribution in [3.8, 4) is 6.07 Å². The van der Waals surface area contributed by atoms with Gasteiger partial charge in [-0.3, -0.25) is 4.79 Å². The number of nitrogens with one attached hydrogen (secondary N) is 1. The number of hydrogen-bond donors (Lipinski definition) is 1. The highest BCUT2D eigenvalue weighted by Gasteiger charge is 2.13. The fourth-order valence-corrected chi connectivity index (χ4v) is 4.08. The van der Waals surface area contributed by atoms with Gasteiger partial charge in [0.05, 0.1) is 11.6 Å². The second-order valence-electron chi connectivity index (χ2n) is 7.37. The number of likely N-dealkylation sites (N-methyl/N-ethyl adjacent to an activating group) is 1. The zero-order valence-corrected chi connectivity index (χ0v) is 17.8. The lowest BCUT2D eigenvalue weighted by atomic mass is 10.1. The van der Waals surface area contributed by atoms with Crippen LogP contribution in [0.15, 0.2) is 53.4 Å². The normalized spacial score (nSPS) is 15.0. The summed E-state index contributed by atoms with van der Waals surface area (Å²) in [5.41, 5.74) is 2.80. The van der Waals surface area contributed by atoms with E-state index in [1.54, 1.807) is 23.9 Å². The fourth-order valence-electron chi connectivity index (χ4n) is 3.22. The molecule has 1 aliphatic rings. The highest BCUT2D eigenvalue weighted by atomic mass is 32.2. The number of benzene rings is 2. The lowest BCUT2D eigenvalue weighted by Gasteiger charge is -2.32. The molecule has 1 fully saturated rings. The van der Waals surface area contributed by atoms with Gasteiger partial charge in [0, 0.05) is 55.5 Å². The van der Waals surface area contributed by atoms with Gasteiger partial charge in [0.25, 0.3) is 0 Å². The summed E-state index contributed by atoms with van der Waals surface area (Å²) in [6, 6.07) is 17.7. The minimum absolute atomic E-state index is 0.0244. The molecule has 29 heavy (non-hydrogen) atoms. The Morgan fingerprint density at radius 3 is 2.41 bits per heavy atom. The van der Waals surface area contributed by atoms with E-state index < -0.39 is 0 Å². The predicted molar refractivity (Wildman–Crippen MR) is 119 cm³/mol. The number of carbonyl (C=O) groups excluding carboxylic acids is 1. The highest BCUT2D eigenvalue weighted by Crippen LogP contribution is 2.19. The van der Waals surface area contributed by atoms with Gasteiger partial charge < -0.3 is 15.1 Å². The van der Waals surface area contributed by atoms with Gasteiger partial charge in [0.15, 0.2) is 0 Å². The average molecular weight is 409 g/mol. The van der Waals surface area contributed by atoms with Gasteiger partial charge in [-0.15, -0.1) is 11.8 Å². The highest BCUT2D eigenvalue weighted by molar-refractivity contribution is 7.99. The van der Waals surface area contributed by atoms with E-state index in [2.05, 4.69) is 40.4 Å². The van der Waals surface area contributed by atoms with Crippen molar-refractivity contribution < 1.29 is 4.79 Å². The van der Waals surface area contributed by atoms with Crippen molar-refractivity contribution in [2.75, 3.05) is 50.8 Å². The summed E-state index contributed by atoms with van der Waals surface area (Å²) in [4.78, 5) is 18.1. The topological polar surface area (TPSA) is 59.4 Å². The van der Waals surface area contributed by atoms with Crippen molar-refractivity contribution in [1.82, 2.24) is 9.80 Å². The average Bonchev–Trinajstić information content (AvgIpc) is 2.75. The van der Waals surface area contributed by atoms with Crippen LogP contribution in [0, 0.1) is 11.3 Å². The molecule has 0 aliphatic carbocycles. The standard InChI is InChI=1S/C23H28N4OS/c1-26-13-15-27(16-14-26)12-10-19-2-6-21(7-3-19)25-23(28)11-17-29-22-8-4-20(18-24)5-9-22/h2-9H,10-17H2,1H3,(H,25,28). The van der Waals surface area contributed by atoms with Crippen molar-refractivity contribution in [3.63, 3.8) is 0 Å². The van der Waals surface area contributed by atoms with Crippen LogP contribution in [0.2, 0.25) is 0 Å². The number of rotatable bonds is 8. The molecule has 6 heteroatoms. The first kappa shape index (κ1) is 21.4. The monoisotopic (exact) mass is 408 g/mol. The van der Waals surface area contributed by atoms with Crippen molar-refractivity contribution in [1.29, 1.82) is 5.26 Å². The van der Waals surface area contributed by atoms with Crippen LogP contribution in [0.5, 0.6) is 0 Å². The minimum atomic E-state index is 0.0244. The van der Waals surface area contributed by atoms with Gasteiger partial charge in [-0.2, -0.15) is 5.26 Å². The Balaban J connectivity index is 1.36. The van der Waals surface area contributed by atoms with Crippen LogP contribution in [0.25, 0.3) is 0 Å². The molecule has 1 amide bonds. The fraction of sp³-hybridized carbons (Fsp3) is 0.391. The summed E-state index contributed by atoms with van der Waals surface area (Å²) in [6.07, 6.45) is 1.50. The Hall–Kier alpha value is -2.33. The Morgan fingerprint density at radius 2 is 1.76 bits per heavy atom. The maximum absolute atomic E-state index is 12.2. The lowest BCUT2D eigenvalue weighted by Crippen LogP contribution is -2.45. The van der Waals surface area contributed by atoms with Crippen LogP contribution in [0.3, 0.4) is 0 Å². The van der Waals surface area contributed by atoms with Crippen LogP contribution in [0.4, 0.5) is 5.69 Å². The lowest BCUT2D eigenvalue weighted by molar-refractivity contribution is -0.115. The third-order valence-electron chi connectivity index (χ3n) is 5.13. The first-order chi connectivity index (χ1) is 14.1. The van der Waals surface area contributed by atoms with Crippen molar-refractivity contribution >= 4 is 23.4 Å². The molecule has 0 atom stereocenters. The number of anilines is 1. The molecular formula is C23H28N4OS. The third kappa shape index (κ3) is 7.21. The summed E-state index contributed by atoms with van der Waals surface area (Å²) in [5.74, 6) is 0.734. The molecule has 0 spiro atoms. The molecule has 1 heterocycles. The van der Waals surface area contributed by atoms with Gasteiger partial charge >= 0.3 is 0 Å². The van der Waals surface area contributed by atoms with E-state index in [0.29, 0.717) is 17.7 Å². The van der Waals surface area contributed by atoms with Gasteiger partial charge in [-0.25, -0.2) is 0 Å². The van der Waals surface area contributed by atoms with Crippen LogP contribution >= 0.6 is 11.8 Å². The van der Waals surface area contributed by atoms with Crippen LogP contribution in [-0.4, -0.2) is 61.2 Å². The van der Waals surface area contributed by atoms with Crippen LogP contribution in [0.1, 0.15) is 17.5 Å². The molecular weight excluding hydrogens is 380 g/mol. The van der Waals surface area contributed by atoms with Gasteiger partial charge in [-0.05, 0) is 55.4 Å². The third-order valence-corrected chi connectivity index (χ3v) is 6.15. The van der Waals surface area contributed by atoms with E-state index in [0.717, 1.165) is 49.7 Å². The number of piperazine rings is 1. The molecule has 0 saturated carbocycles. The van der Waals surface area contributed by atoms with Crippen molar-refractivity contribution in [3.05, 3.63) is 59.7 Å². The van der Waals surface area contributed by atoms with Gasteiger partial charge in [0.1, 0.15) is 0 Å². The Morgan fingerprint density at radius 1 is 1.07 bits per heavy atom. The quantitative estimate of drug-likeness (QED) is 0.678. The maximum atomic E-state index is 12.2. The Kier molecular flexibility index (Phi) is 8.12. The number of nitrogens with zero attached hydrogens (tertiary/aromatic N) is 3. The molecule has 1 aliphatic heterocycles. The Bertz CT molecular complexity index is 821. The molecule has 5 nitrogen and oxygen atoms in total. The van der Waals surface area contributed by atoms with Crippen molar-refractivity contribution in [2.24, 2.45) is 0 Å². The van der Waals surface area contributed by atoms with E-state index in [4.69, 9.17) is 5.26 Å². The number of carbonyl (C=O) groups is 1. The molecule has 2 aromatic carbocycles. The summed E-state index contributed by atoms with van der Waals surface area (Å²) < 4.78 is 0. The summed E-state index contributed by atoms with van der Waals surface area (Å²) in [7, 11) is 2.18. The molecule has 0 radical (unpaired) electrons. The number of thioether (sulfide) groups is 1. The molecule has 0 unspecified atom stereocenters. The zero-order valence-electron chi connectivity index (χ0n) is 16.9. The maximum Gasteiger partial charge on any atom is 0.225 e. The number of hydrogen-bond acceptors (Lipinski definition) is 5. The first-order valence-electron chi connectivity index (χ1n) is 10.0. The Labute approximate surface area is 177 Å². The van der Waals surface area contributed by atoms with Crippen LogP contribution in [-0.2, 0) is 11.2 Å². The largest absolute Gasteiger partial charge is 0.326 e. The van der Waals surface area contributed by atoms with E-state index in [-0.39, 0.29) is 5.91 Å². The summed E-state index contributed by atoms with van der Waals surface area (Å²) >= 11 is 1.62. The minimum Gasteiger partial charge on any atom is -0.326 e. The molecule has 1 N–H and O–H groups in total. The number of amides is 1. The second-order valence-corrected chi connectivity index (χ2v) is 8.54.